The summed E-state index contributed by atoms with van der Waals surface area (Å²) in [5, 5.41) is 0. The van der Waals surface area contributed by atoms with Crippen molar-refractivity contribution >= 4 is 11.8 Å². The molecule has 0 radical (unpaired) electrons. The van der Waals surface area contributed by atoms with Crippen LogP contribution in [0.1, 0.15) is 22.5 Å². The zero-order valence-corrected chi connectivity index (χ0v) is 13.0. The van der Waals surface area contributed by atoms with E-state index in [1.807, 2.05) is 13.0 Å². The summed E-state index contributed by atoms with van der Waals surface area (Å²) in [6, 6.07) is 3.68. The Kier molecular flexibility index (Phi) is 4.11. The van der Waals surface area contributed by atoms with E-state index >= 15 is 0 Å². The van der Waals surface area contributed by atoms with Crippen molar-refractivity contribution in [3.05, 3.63) is 29.6 Å². The standard InChI is InChI=1S/C16H21N3O3/c1-11-3-4-13(17-7-11)16(21)19-6-5-12-9-22-10-15(20)18(2)14(12)8-19/h3-4,7,12,14H,5-6,8-10H2,1-2H3/t12-,14-/m0/s1. The van der Waals surface area contributed by atoms with Crippen LogP contribution in [-0.4, -0.2) is 66.0 Å². The second-order valence-electron chi connectivity index (χ2n) is 6.11. The third-order valence-corrected chi connectivity index (χ3v) is 4.59. The number of rotatable bonds is 1. The number of likely N-dealkylation sites (N-methyl/N-ethyl adjacent to an activating group) is 1. The van der Waals surface area contributed by atoms with E-state index in [9.17, 15) is 9.59 Å². The van der Waals surface area contributed by atoms with Crippen LogP contribution in [0.15, 0.2) is 18.3 Å². The maximum absolute atomic E-state index is 12.6. The van der Waals surface area contributed by atoms with Gasteiger partial charge in [0.15, 0.2) is 0 Å². The minimum absolute atomic E-state index is 0.0183. The molecular weight excluding hydrogens is 282 g/mol. The SMILES string of the molecule is Cc1ccc(C(=O)N2CC[C@H]3COCC(=O)N(C)[C@H]3C2)nc1. The van der Waals surface area contributed by atoms with E-state index in [4.69, 9.17) is 4.74 Å². The van der Waals surface area contributed by atoms with Crippen LogP contribution in [0.5, 0.6) is 0 Å². The van der Waals surface area contributed by atoms with Crippen molar-refractivity contribution in [3.63, 3.8) is 0 Å². The number of pyridine rings is 1. The molecule has 3 heterocycles. The van der Waals surface area contributed by atoms with Crippen LogP contribution in [0.2, 0.25) is 0 Å². The van der Waals surface area contributed by atoms with Gasteiger partial charge in [-0.25, -0.2) is 0 Å². The molecule has 3 rings (SSSR count). The van der Waals surface area contributed by atoms with Crippen LogP contribution < -0.4 is 0 Å². The maximum Gasteiger partial charge on any atom is 0.272 e. The number of carbonyl (C=O) groups is 2. The van der Waals surface area contributed by atoms with E-state index in [2.05, 4.69) is 4.98 Å². The van der Waals surface area contributed by atoms with Crippen molar-refractivity contribution < 1.29 is 14.3 Å². The summed E-state index contributed by atoms with van der Waals surface area (Å²) >= 11 is 0. The lowest BCUT2D eigenvalue weighted by Crippen LogP contribution is -2.54. The lowest BCUT2D eigenvalue weighted by molar-refractivity contribution is -0.134. The molecule has 1 aromatic rings. The molecule has 0 aliphatic carbocycles. The first kappa shape index (κ1) is 15.0. The number of hydrogen-bond acceptors (Lipinski definition) is 4. The number of amides is 2. The van der Waals surface area contributed by atoms with Crippen LogP contribution >= 0.6 is 0 Å². The van der Waals surface area contributed by atoms with Gasteiger partial charge in [-0.2, -0.15) is 0 Å². The highest BCUT2D eigenvalue weighted by Crippen LogP contribution is 2.25. The van der Waals surface area contributed by atoms with Crippen LogP contribution in [0, 0.1) is 12.8 Å². The number of aromatic nitrogens is 1. The highest BCUT2D eigenvalue weighted by molar-refractivity contribution is 5.92. The summed E-state index contributed by atoms with van der Waals surface area (Å²) in [7, 11) is 1.80. The summed E-state index contributed by atoms with van der Waals surface area (Å²) < 4.78 is 5.43. The first-order chi connectivity index (χ1) is 10.6. The fourth-order valence-corrected chi connectivity index (χ4v) is 3.14. The fourth-order valence-electron chi connectivity index (χ4n) is 3.14. The summed E-state index contributed by atoms with van der Waals surface area (Å²) in [6.45, 7) is 3.90. The average molecular weight is 303 g/mol. The fraction of sp³-hybridized carbons (Fsp3) is 0.562. The van der Waals surface area contributed by atoms with Crippen LogP contribution in [0.3, 0.4) is 0 Å². The van der Waals surface area contributed by atoms with Crippen molar-refractivity contribution in [1.82, 2.24) is 14.8 Å². The first-order valence-corrected chi connectivity index (χ1v) is 7.61. The number of aryl methyl sites for hydroxylation is 1. The molecule has 118 valence electrons. The number of nitrogens with zero attached hydrogens (tertiary/aromatic N) is 3. The smallest absolute Gasteiger partial charge is 0.272 e. The molecule has 0 spiro atoms. The van der Waals surface area contributed by atoms with E-state index in [0.29, 0.717) is 31.3 Å². The van der Waals surface area contributed by atoms with Crippen molar-refractivity contribution in [2.75, 3.05) is 33.4 Å². The van der Waals surface area contributed by atoms with Crippen molar-refractivity contribution in [1.29, 1.82) is 0 Å². The first-order valence-electron chi connectivity index (χ1n) is 7.61. The molecule has 2 fully saturated rings. The van der Waals surface area contributed by atoms with Gasteiger partial charge in [-0.15, -0.1) is 0 Å². The number of hydrogen-bond donors (Lipinski definition) is 0. The Bertz CT molecular complexity index is 573. The Balaban J connectivity index is 1.75. The Morgan fingerprint density at radius 2 is 2.23 bits per heavy atom. The highest BCUT2D eigenvalue weighted by atomic mass is 16.5. The van der Waals surface area contributed by atoms with Gasteiger partial charge < -0.3 is 14.5 Å². The van der Waals surface area contributed by atoms with Gasteiger partial charge in [0.1, 0.15) is 12.3 Å². The van der Waals surface area contributed by atoms with E-state index in [-0.39, 0.29) is 24.5 Å². The topological polar surface area (TPSA) is 62.7 Å². The number of likely N-dealkylation sites (tertiary alicyclic amines) is 1. The van der Waals surface area contributed by atoms with Gasteiger partial charge in [0.05, 0.1) is 12.6 Å². The Morgan fingerprint density at radius 3 is 2.95 bits per heavy atom. The zero-order chi connectivity index (χ0) is 15.7. The molecule has 6 nitrogen and oxygen atoms in total. The Morgan fingerprint density at radius 1 is 1.41 bits per heavy atom. The molecule has 0 aromatic carbocycles. The van der Waals surface area contributed by atoms with Crippen molar-refractivity contribution in [2.45, 2.75) is 19.4 Å². The molecule has 6 heteroatoms. The van der Waals surface area contributed by atoms with Gasteiger partial charge >= 0.3 is 0 Å². The molecule has 2 amide bonds. The lowest BCUT2D eigenvalue weighted by atomic mass is 9.91. The summed E-state index contributed by atoms with van der Waals surface area (Å²) in [6.07, 6.45) is 2.55. The van der Waals surface area contributed by atoms with Gasteiger partial charge in [-0.3, -0.25) is 14.6 Å². The zero-order valence-electron chi connectivity index (χ0n) is 13.0. The second kappa shape index (κ2) is 6.04. The largest absolute Gasteiger partial charge is 0.371 e. The molecule has 22 heavy (non-hydrogen) atoms. The van der Waals surface area contributed by atoms with Crippen molar-refractivity contribution in [2.24, 2.45) is 5.92 Å². The van der Waals surface area contributed by atoms with Gasteiger partial charge in [-0.1, -0.05) is 6.07 Å². The van der Waals surface area contributed by atoms with Gasteiger partial charge in [-0.05, 0) is 25.0 Å². The molecular formula is C16H21N3O3. The molecule has 2 aliphatic heterocycles. The number of ether oxygens (including phenoxy) is 1. The van der Waals surface area contributed by atoms with Crippen LogP contribution in [-0.2, 0) is 9.53 Å². The van der Waals surface area contributed by atoms with Crippen LogP contribution in [0.25, 0.3) is 0 Å². The normalized spacial score (nSPS) is 25.6. The maximum atomic E-state index is 12.6. The van der Waals surface area contributed by atoms with E-state index < -0.39 is 0 Å². The highest BCUT2D eigenvalue weighted by Gasteiger charge is 2.38. The quantitative estimate of drug-likeness (QED) is 0.766. The Labute approximate surface area is 130 Å². The monoisotopic (exact) mass is 303 g/mol. The molecule has 2 atom stereocenters. The molecule has 0 saturated carbocycles. The minimum atomic E-state index is -0.0653. The van der Waals surface area contributed by atoms with E-state index in [0.717, 1.165) is 12.0 Å². The van der Waals surface area contributed by atoms with Crippen molar-refractivity contribution in [3.8, 4) is 0 Å². The predicted octanol–water partition coefficient (Wildman–Crippen LogP) is 0.709. The van der Waals surface area contributed by atoms with E-state index in [1.165, 1.54) is 0 Å². The number of piperidine rings is 1. The molecule has 0 unspecified atom stereocenters. The van der Waals surface area contributed by atoms with Crippen LogP contribution in [0.4, 0.5) is 0 Å². The summed E-state index contributed by atoms with van der Waals surface area (Å²) in [5.74, 6) is 0.214. The molecule has 2 saturated heterocycles. The lowest BCUT2D eigenvalue weighted by Gasteiger charge is -2.40. The summed E-state index contributed by atoms with van der Waals surface area (Å²) in [5.41, 5.74) is 1.49. The van der Waals surface area contributed by atoms with Gasteiger partial charge in [0.2, 0.25) is 5.91 Å². The second-order valence-corrected chi connectivity index (χ2v) is 6.11. The molecule has 0 N–H and O–H groups in total. The third kappa shape index (κ3) is 2.83. The van der Waals surface area contributed by atoms with E-state index in [1.54, 1.807) is 29.1 Å². The number of carbonyl (C=O) groups excluding carboxylic acids is 2. The Hall–Kier alpha value is -1.95. The molecule has 2 aliphatic rings. The number of fused-ring (bicyclic) bond motifs is 1. The molecule has 1 aromatic heterocycles. The predicted molar refractivity (Wildman–Crippen MR) is 80.4 cm³/mol. The minimum Gasteiger partial charge on any atom is -0.371 e. The van der Waals surface area contributed by atoms with Gasteiger partial charge in [0, 0.05) is 32.3 Å². The third-order valence-electron chi connectivity index (χ3n) is 4.59. The van der Waals surface area contributed by atoms with Gasteiger partial charge in [0.25, 0.3) is 5.91 Å². The average Bonchev–Trinajstić information content (AvgIpc) is 2.67. The summed E-state index contributed by atoms with van der Waals surface area (Å²) in [4.78, 5) is 32.3. The molecule has 0 bridgehead atoms.